The van der Waals surface area contributed by atoms with Crippen LogP contribution in [-0.2, 0) is 4.79 Å². The number of rotatable bonds is 4. The van der Waals surface area contributed by atoms with Gasteiger partial charge < -0.3 is 15.1 Å². The fraction of sp³-hybridized carbons (Fsp3) is 0.364. The number of halogens is 1. The first-order chi connectivity index (χ1) is 13.4. The number of nitrogens with zero attached hydrogens (tertiary/aromatic N) is 2. The van der Waals surface area contributed by atoms with Gasteiger partial charge in [-0.3, -0.25) is 9.59 Å². The molecule has 1 N–H and O–H groups in total. The molecule has 1 aliphatic rings. The van der Waals surface area contributed by atoms with Crippen LogP contribution in [-0.4, -0.2) is 48.9 Å². The monoisotopic (exact) mass is 399 g/mol. The zero-order valence-electron chi connectivity index (χ0n) is 16.5. The van der Waals surface area contributed by atoms with Crippen molar-refractivity contribution in [1.82, 2.24) is 10.2 Å². The minimum Gasteiger partial charge on any atom is -0.368 e. The Labute approximate surface area is 171 Å². The number of anilines is 1. The van der Waals surface area contributed by atoms with Gasteiger partial charge in [0, 0.05) is 31.9 Å². The number of carbonyl (C=O) groups excluding carboxylic acids is 2. The van der Waals surface area contributed by atoms with E-state index in [4.69, 9.17) is 11.6 Å². The van der Waals surface area contributed by atoms with E-state index in [0.29, 0.717) is 23.7 Å². The van der Waals surface area contributed by atoms with Gasteiger partial charge in [-0.25, -0.2) is 0 Å². The van der Waals surface area contributed by atoms with Gasteiger partial charge in [-0.2, -0.15) is 0 Å². The summed E-state index contributed by atoms with van der Waals surface area (Å²) in [5.41, 5.74) is 4.16. The molecule has 0 unspecified atom stereocenters. The van der Waals surface area contributed by atoms with Crippen molar-refractivity contribution < 1.29 is 9.59 Å². The molecule has 2 aromatic rings. The molecular formula is C22H26ClN3O2. The molecule has 0 aliphatic carbocycles. The number of nitrogens with one attached hydrogen (secondary N) is 1. The topological polar surface area (TPSA) is 52.6 Å². The van der Waals surface area contributed by atoms with E-state index in [-0.39, 0.29) is 11.8 Å². The standard InChI is InChI=1S/C22H26ClN3O2/c1-15-7-6-10-20(16(15)2)25-11-13-26(14-12-25)22(28)17(3)24-21(27)18-8-4-5-9-19(18)23/h4-10,17H,11-14H2,1-3H3,(H,24,27)/t17-/m0/s1. The molecule has 6 heteroatoms. The lowest BCUT2D eigenvalue weighted by molar-refractivity contribution is -0.133. The number of hydrogen-bond donors (Lipinski definition) is 1. The van der Waals surface area contributed by atoms with Gasteiger partial charge in [0.05, 0.1) is 10.6 Å². The Bertz CT molecular complexity index is 876. The number of carbonyl (C=O) groups is 2. The lowest BCUT2D eigenvalue weighted by atomic mass is 10.1. The third-order valence-corrected chi connectivity index (χ3v) is 5.67. The van der Waals surface area contributed by atoms with Crippen molar-refractivity contribution in [3.8, 4) is 0 Å². The molecule has 1 aliphatic heterocycles. The highest BCUT2D eigenvalue weighted by Gasteiger charge is 2.27. The Balaban J connectivity index is 1.58. The van der Waals surface area contributed by atoms with Crippen molar-refractivity contribution in [3.63, 3.8) is 0 Å². The molecule has 3 rings (SSSR count). The smallest absolute Gasteiger partial charge is 0.253 e. The number of aryl methyl sites for hydroxylation is 1. The normalized spacial score (nSPS) is 15.3. The summed E-state index contributed by atoms with van der Waals surface area (Å²) in [5.74, 6) is -0.401. The zero-order chi connectivity index (χ0) is 20.3. The summed E-state index contributed by atoms with van der Waals surface area (Å²) >= 11 is 6.07. The first kappa shape index (κ1) is 20.2. The van der Waals surface area contributed by atoms with Gasteiger partial charge in [0.1, 0.15) is 6.04 Å². The molecule has 0 spiro atoms. The molecular weight excluding hydrogens is 374 g/mol. The van der Waals surface area contributed by atoms with Gasteiger partial charge in [-0.15, -0.1) is 0 Å². The van der Waals surface area contributed by atoms with Crippen molar-refractivity contribution in [2.75, 3.05) is 31.1 Å². The van der Waals surface area contributed by atoms with E-state index in [1.807, 2.05) is 4.90 Å². The van der Waals surface area contributed by atoms with Gasteiger partial charge in [-0.1, -0.05) is 35.9 Å². The molecule has 0 aromatic heterocycles. The first-order valence-corrected chi connectivity index (χ1v) is 9.91. The van der Waals surface area contributed by atoms with Crippen molar-refractivity contribution in [2.45, 2.75) is 26.8 Å². The fourth-order valence-electron chi connectivity index (χ4n) is 3.50. The predicted octanol–water partition coefficient (Wildman–Crippen LogP) is 3.42. The van der Waals surface area contributed by atoms with E-state index >= 15 is 0 Å². The zero-order valence-corrected chi connectivity index (χ0v) is 17.3. The maximum Gasteiger partial charge on any atom is 0.253 e. The van der Waals surface area contributed by atoms with E-state index in [1.54, 1.807) is 31.2 Å². The highest BCUT2D eigenvalue weighted by Crippen LogP contribution is 2.24. The highest BCUT2D eigenvalue weighted by molar-refractivity contribution is 6.33. The molecule has 1 fully saturated rings. The minimum absolute atomic E-state index is 0.0685. The minimum atomic E-state index is -0.601. The average Bonchev–Trinajstić information content (AvgIpc) is 2.70. The Morgan fingerprint density at radius 1 is 1.00 bits per heavy atom. The molecule has 1 heterocycles. The highest BCUT2D eigenvalue weighted by atomic mass is 35.5. The number of piperazine rings is 1. The first-order valence-electron chi connectivity index (χ1n) is 9.54. The summed E-state index contributed by atoms with van der Waals surface area (Å²) in [6, 6.07) is 12.5. The number of amides is 2. The van der Waals surface area contributed by atoms with Crippen LogP contribution < -0.4 is 10.2 Å². The Morgan fingerprint density at radius 3 is 2.36 bits per heavy atom. The van der Waals surface area contributed by atoms with E-state index in [2.05, 4.69) is 42.3 Å². The largest absolute Gasteiger partial charge is 0.368 e. The average molecular weight is 400 g/mol. The molecule has 148 valence electrons. The van der Waals surface area contributed by atoms with Crippen LogP contribution >= 0.6 is 11.6 Å². The lowest BCUT2D eigenvalue weighted by Crippen LogP contribution is -2.54. The van der Waals surface area contributed by atoms with Crippen LogP contribution in [0.25, 0.3) is 0 Å². The SMILES string of the molecule is Cc1cccc(N2CCN(C(=O)[C@H](C)NC(=O)c3ccccc3Cl)CC2)c1C. The number of hydrogen-bond acceptors (Lipinski definition) is 3. The molecule has 1 saturated heterocycles. The van der Waals surface area contributed by atoms with Crippen molar-refractivity contribution >= 4 is 29.1 Å². The fourth-order valence-corrected chi connectivity index (χ4v) is 3.72. The van der Waals surface area contributed by atoms with Crippen LogP contribution in [0.5, 0.6) is 0 Å². The second kappa shape index (κ2) is 8.65. The molecule has 1 atom stereocenters. The van der Waals surface area contributed by atoms with Crippen LogP contribution in [0.1, 0.15) is 28.4 Å². The summed E-state index contributed by atoms with van der Waals surface area (Å²) in [7, 11) is 0. The van der Waals surface area contributed by atoms with E-state index in [1.165, 1.54) is 16.8 Å². The van der Waals surface area contributed by atoms with Gasteiger partial charge >= 0.3 is 0 Å². The van der Waals surface area contributed by atoms with Gasteiger partial charge in [0.15, 0.2) is 0 Å². The van der Waals surface area contributed by atoms with Crippen molar-refractivity contribution in [1.29, 1.82) is 0 Å². The molecule has 2 aromatic carbocycles. The maximum absolute atomic E-state index is 12.8. The summed E-state index contributed by atoms with van der Waals surface area (Å²) in [6.45, 7) is 8.80. The van der Waals surface area contributed by atoms with Crippen molar-refractivity contribution in [2.24, 2.45) is 0 Å². The van der Waals surface area contributed by atoms with Crippen LogP contribution in [0.2, 0.25) is 5.02 Å². The molecule has 5 nitrogen and oxygen atoms in total. The Kier molecular flexibility index (Phi) is 6.25. The van der Waals surface area contributed by atoms with E-state index < -0.39 is 6.04 Å². The van der Waals surface area contributed by atoms with Gasteiger partial charge in [-0.05, 0) is 50.1 Å². The molecule has 0 radical (unpaired) electrons. The van der Waals surface area contributed by atoms with Gasteiger partial charge in [0.2, 0.25) is 5.91 Å². The third-order valence-electron chi connectivity index (χ3n) is 5.34. The van der Waals surface area contributed by atoms with Crippen LogP contribution in [0, 0.1) is 13.8 Å². The molecule has 0 bridgehead atoms. The summed E-state index contributed by atoms with van der Waals surface area (Å²) < 4.78 is 0. The quantitative estimate of drug-likeness (QED) is 0.857. The van der Waals surface area contributed by atoms with Crippen molar-refractivity contribution in [3.05, 3.63) is 64.2 Å². The predicted molar refractivity (Wildman–Crippen MR) is 113 cm³/mol. The van der Waals surface area contributed by atoms with Gasteiger partial charge in [0.25, 0.3) is 5.91 Å². The molecule has 0 saturated carbocycles. The van der Waals surface area contributed by atoms with Crippen LogP contribution in [0.4, 0.5) is 5.69 Å². The van der Waals surface area contributed by atoms with Crippen LogP contribution in [0.15, 0.2) is 42.5 Å². The Morgan fingerprint density at radius 2 is 1.68 bits per heavy atom. The van der Waals surface area contributed by atoms with E-state index in [0.717, 1.165) is 13.1 Å². The second-order valence-electron chi connectivity index (χ2n) is 7.21. The third kappa shape index (κ3) is 4.30. The summed E-state index contributed by atoms with van der Waals surface area (Å²) in [5, 5.41) is 3.14. The molecule has 2 amide bonds. The summed E-state index contributed by atoms with van der Waals surface area (Å²) in [6.07, 6.45) is 0. The summed E-state index contributed by atoms with van der Waals surface area (Å²) in [4.78, 5) is 29.3. The van der Waals surface area contributed by atoms with E-state index in [9.17, 15) is 9.59 Å². The second-order valence-corrected chi connectivity index (χ2v) is 7.61. The number of benzene rings is 2. The lowest BCUT2D eigenvalue weighted by Gasteiger charge is -2.38. The molecule has 28 heavy (non-hydrogen) atoms. The Hall–Kier alpha value is -2.53. The van der Waals surface area contributed by atoms with Crippen LogP contribution in [0.3, 0.4) is 0 Å². The maximum atomic E-state index is 12.8.